The number of hydrogen-bond donors (Lipinski definition) is 1. The minimum absolute atomic E-state index is 0.233. The molecule has 0 spiro atoms. The highest BCUT2D eigenvalue weighted by Gasteiger charge is 2.05. The molecule has 0 aliphatic carbocycles. The summed E-state index contributed by atoms with van der Waals surface area (Å²) in [7, 11) is 1.54. The highest BCUT2D eigenvalue weighted by atomic mass is 79.9. The molecule has 4 heteroatoms. The Balaban J connectivity index is 2.41. The lowest BCUT2D eigenvalue weighted by Crippen LogP contribution is -2.22. The zero-order valence-electron chi connectivity index (χ0n) is 7.94. The van der Waals surface area contributed by atoms with Crippen LogP contribution in [0.1, 0.15) is 0 Å². The average molecular weight is 261 g/mol. The second-order valence-electron chi connectivity index (χ2n) is 2.85. The summed E-state index contributed by atoms with van der Waals surface area (Å²) in [4.78, 5) is 0. The van der Waals surface area contributed by atoms with E-state index in [-0.39, 0.29) is 13.2 Å². The van der Waals surface area contributed by atoms with E-state index in [1.54, 1.807) is 7.11 Å². The summed E-state index contributed by atoms with van der Waals surface area (Å²) in [5.41, 5.74) is 0. The van der Waals surface area contributed by atoms with E-state index in [0.717, 1.165) is 10.2 Å². The van der Waals surface area contributed by atoms with Crippen molar-refractivity contribution in [3.8, 4) is 5.75 Å². The van der Waals surface area contributed by atoms with Gasteiger partial charge in [-0.1, -0.05) is 12.1 Å². The van der Waals surface area contributed by atoms with E-state index in [9.17, 15) is 5.11 Å². The molecule has 0 bridgehead atoms. The van der Waals surface area contributed by atoms with Gasteiger partial charge in [0.2, 0.25) is 0 Å². The first-order valence-corrected chi connectivity index (χ1v) is 5.07. The third-order valence-corrected chi connectivity index (χ3v) is 2.28. The summed E-state index contributed by atoms with van der Waals surface area (Å²) in [6, 6.07) is 7.51. The van der Waals surface area contributed by atoms with Crippen molar-refractivity contribution in [1.82, 2.24) is 0 Å². The molecule has 3 nitrogen and oxygen atoms in total. The first-order chi connectivity index (χ1) is 6.74. The quantitative estimate of drug-likeness (QED) is 0.878. The van der Waals surface area contributed by atoms with E-state index in [1.165, 1.54) is 0 Å². The molecule has 1 aromatic rings. The number of benzene rings is 1. The van der Waals surface area contributed by atoms with Crippen LogP contribution in [0, 0.1) is 0 Å². The van der Waals surface area contributed by atoms with Gasteiger partial charge in [0.25, 0.3) is 0 Å². The van der Waals surface area contributed by atoms with Crippen LogP contribution in [0.5, 0.6) is 5.75 Å². The van der Waals surface area contributed by atoms with E-state index in [0.29, 0.717) is 0 Å². The number of hydrogen-bond acceptors (Lipinski definition) is 3. The minimum atomic E-state index is -0.591. The number of para-hydroxylation sites is 1. The minimum Gasteiger partial charge on any atom is -0.490 e. The second kappa shape index (κ2) is 6.01. The Morgan fingerprint density at radius 1 is 1.36 bits per heavy atom. The van der Waals surface area contributed by atoms with Gasteiger partial charge in [0, 0.05) is 7.11 Å². The molecule has 0 aliphatic rings. The normalized spacial score (nSPS) is 12.5. The number of rotatable bonds is 5. The molecule has 1 atom stereocenters. The predicted molar refractivity (Wildman–Crippen MR) is 57.5 cm³/mol. The van der Waals surface area contributed by atoms with Gasteiger partial charge in [-0.05, 0) is 28.1 Å². The monoisotopic (exact) mass is 260 g/mol. The lowest BCUT2D eigenvalue weighted by Gasteiger charge is -2.12. The number of halogens is 1. The maximum Gasteiger partial charge on any atom is 0.133 e. The van der Waals surface area contributed by atoms with Crippen LogP contribution in [0.3, 0.4) is 0 Å². The van der Waals surface area contributed by atoms with Gasteiger partial charge in [0.05, 0.1) is 11.1 Å². The van der Waals surface area contributed by atoms with Crippen molar-refractivity contribution < 1.29 is 14.6 Å². The summed E-state index contributed by atoms with van der Waals surface area (Å²) >= 11 is 3.35. The standard InChI is InChI=1S/C10H13BrO3/c1-13-6-8(12)7-14-10-5-3-2-4-9(10)11/h2-5,8,12H,6-7H2,1H3/t8-/m0/s1. The molecule has 0 saturated carbocycles. The Bertz CT molecular complexity index is 278. The first kappa shape index (κ1) is 11.5. The zero-order valence-corrected chi connectivity index (χ0v) is 9.53. The molecular formula is C10H13BrO3. The van der Waals surface area contributed by atoms with Gasteiger partial charge in [0.15, 0.2) is 0 Å². The Kier molecular flexibility index (Phi) is 4.93. The Morgan fingerprint density at radius 2 is 2.07 bits per heavy atom. The highest BCUT2D eigenvalue weighted by Crippen LogP contribution is 2.23. The van der Waals surface area contributed by atoms with Gasteiger partial charge in [-0.3, -0.25) is 0 Å². The molecule has 1 N–H and O–H groups in total. The summed E-state index contributed by atoms with van der Waals surface area (Å²) in [6.45, 7) is 0.515. The molecule has 0 saturated heterocycles. The Morgan fingerprint density at radius 3 is 2.71 bits per heavy atom. The molecule has 0 aromatic heterocycles. The third kappa shape index (κ3) is 3.65. The Labute approximate surface area is 91.8 Å². The van der Waals surface area contributed by atoms with Crippen molar-refractivity contribution in [2.45, 2.75) is 6.10 Å². The van der Waals surface area contributed by atoms with Gasteiger partial charge >= 0.3 is 0 Å². The van der Waals surface area contributed by atoms with Crippen LogP contribution >= 0.6 is 15.9 Å². The smallest absolute Gasteiger partial charge is 0.133 e. The van der Waals surface area contributed by atoms with Crippen LogP contribution in [0.4, 0.5) is 0 Å². The fourth-order valence-electron chi connectivity index (χ4n) is 0.988. The Hall–Kier alpha value is -0.580. The molecule has 0 fully saturated rings. The molecule has 0 heterocycles. The fourth-order valence-corrected chi connectivity index (χ4v) is 1.39. The van der Waals surface area contributed by atoms with Crippen LogP contribution in [0.15, 0.2) is 28.7 Å². The fraction of sp³-hybridized carbons (Fsp3) is 0.400. The molecule has 78 valence electrons. The third-order valence-electron chi connectivity index (χ3n) is 1.63. The summed E-state index contributed by atoms with van der Waals surface area (Å²) in [6.07, 6.45) is -0.591. The van der Waals surface area contributed by atoms with Crippen molar-refractivity contribution in [2.75, 3.05) is 20.3 Å². The largest absolute Gasteiger partial charge is 0.490 e. The lowest BCUT2D eigenvalue weighted by atomic mass is 10.3. The molecule has 14 heavy (non-hydrogen) atoms. The zero-order chi connectivity index (χ0) is 10.4. The van der Waals surface area contributed by atoms with E-state index >= 15 is 0 Å². The SMILES string of the molecule is COC[C@H](O)COc1ccccc1Br. The number of methoxy groups -OCH3 is 1. The van der Waals surface area contributed by atoms with E-state index in [1.807, 2.05) is 24.3 Å². The molecule has 0 radical (unpaired) electrons. The molecule has 1 rings (SSSR count). The number of aliphatic hydroxyl groups is 1. The van der Waals surface area contributed by atoms with Crippen molar-refractivity contribution in [2.24, 2.45) is 0 Å². The van der Waals surface area contributed by atoms with Crippen LogP contribution in [-0.4, -0.2) is 31.5 Å². The van der Waals surface area contributed by atoms with Crippen molar-refractivity contribution >= 4 is 15.9 Å². The highest BCUT2D eigenvalue weighted by molar-refractivity contribution is 9.10. The molecule has 0 unspecified atom stereocenters. The van der Waals surface area contributed by atoms with Gasteiger partial charge in [-0.2, -0.15) is 0 Å². The lowest BCUT2D eigenvalue weighted by molar-refractivity contribution is 0.0323. The van der Waals surface area contributed by atoms with Crippen LogP contribution in [0.25, 0.3) is 0 Å². The maximum absolute atomic E-state index is 9.34. The number of ether oxygens (including phenoxy) is 2. The van der Waals surface area contributed by atoms with Crippen LogP contribution in [0.2, 0.25) is 0 Å². The van der Waals surface area contributed by atoms with Crippen molar-refractivity contribution in [1.29, 1.82) is 0 Å². The average Bonchev–Trinajstić information content (AvgIpc) is 2.17. The maximum atomic E-state index is 9.34. The molecular weight excluding hydrogens is 248 g/mol. The topological polar surface area (TPSA) is 38.7 Å². The number of aliphatic hydroxyl groups excluding tert-OH is 1. The second-order valence-corrected chi connectivity index (χ2v) is 3.70. The van der Waals surface area contributed by atoms with Crippen molar-refractivity contribution in [3.05, 3.63) is 28.7 Å². The first-order valence-electron chi connectivity index (χ1n) is 4.28. The van der Waals surface area contributed by atoms with E-state index in [2.05, 4.69) is 15.9 Å². The van der Waals surface area contributed by atoms with Gasteiger partial charge in [-0.25, -0.2) is 0 Å². The van der Waals surface area contributed by atoms with Crippen molar-refractivity contribution in [3.63, 3.8) is 0 Å². The van der Waals surface area contributed by atoms with Gasteiger partial charge in [-0.15, -0.1) is 0 Å². The molecule has 1 aromatic carbocycles. The molecule has 0 aliphatic heterocycles. The van der Waals surface area contributed by atoms with E-state index < -0.39 is 6.10 Å². The predicted octanol–water partition coefficient (Wildman–Crippen LogP) is 1.84. The van der Waals surface area contributed by atoms with Gasteiger partial charge < -0.3 is 14.6 Å². The summed E-state index contributed by atoms with van der Waals surface area (Å²) in [5, 5.41) is 9.34. The van der Waals surface area contributed by atoms with Crippen LogP contribution in [-0.2, 0) is 4.74 Å². The van der Waals surface area contributed by atoms with Gasteiger partial charge in [0.1, 0.15) is 18.5 Å². The van der Waals surface area contributed by atoms with Crippen LogP contribution < -0.4 is 4.74 Å². The van der Waals surface area contributed by atoms with E-state index in [4.69, 9.17) is 9.47 Å². The summed E-state index contributed by atoms with van der Waals surface area (Å²) in [5.74, 6) is 0.725. The molecule has 0 amide bonds. The summed E-state index contributed by atoms with van der Waals surface area (Å²) < 4.78 is 11.0.